The maximum absolute atomic E-state index is 10.8. The second-order valence-electron chi connectivity index (χ2n) is 5.41. The van der Waals surface area contributed by atoms with E-state index in [1.165, 1.54) is 29.3 Å². The summed E-state index contributed by atoms with van der Waals surface area (Å²) in [4.78, 5) is 14.2. The minimum absolute atomic E-state index is 0. The van der Waals surface area contributed by atoms with E-state index in [1.807, 2.05) is 6.07 Å². The molecule has 0 aliphatic carbocycles. The predicted molar refractivity (Wildman–Crippen MR) is 106 cm³/mol. The molecule has 0 saturated heterocycles. The van der Waals surface area contributed by atoms with Gasteiger partial charge in [-0.15, -0.1) is 0 Å². The van der Waals surface area contributed by atoms with Gasteiger partial charge in [0.1, 0.15) is 0 Å². The summed E-state index contributed by atoms with van der Waals surface area (Å²) in [7, 11) is 1.37. The fraction of sp³-hybridized carbons (Fsp3) is 0.250. The van der Waals surface area contributed by atoms with E-state index in [1.54, 1.807) is 24.3 Å². The minimum atomic E-state index is -0.291. The third kappa shape index (κ3) is 4.73. The highest BCUT2D eigenvalue weighted by atomic mass is 16.5. The maximum Gasteiger partial charge on any atom is 0.337 e. The van der Waals surface area contributed by atoms with Gasteiger partial charge in [-0.1, -0.05) is 43.8 Å². The molecule has 1 aliphatic heterocycles. The Bertz CT molecular complexity index is 806. The number of benzene rings is 2. The van der Waals surface area contributed by atoms with Crippen molar-refractivity contribution >= 4 is 25.3 Å². The van der Waals surface area contributed by atoms with Gasteiger partial charge in [-0.3, -0.25) is 0 Å². The Kier molecular flexibility index (Phi) is 7.96. The number of aromatic nitrogens is 1. The number of hydrogen-bond donors (Lipinski definition) is 2. The number of nitrogens with one attached hydrogen (secondary N) is 2. The minimum Gasteiger partial charge on any atom is -0.465 e. The van der Waals surface area contributed by atoms with Crippen molar-refractivity contribution in [2.45, 2.75) is 20.4 Å². The lowest BCUT2D eigenvalue weighted by molar-refractivity contribution is 0.0600. The third-order valence-corrected chi connectivity index (χ3v) is 3.95. The molecule has 1 aliphatic rings. The zero-order valence-electron chi connectivity index (χ0n) is 13.7. The monoisotopic (exact) mass is 338 g/mol. The molecule has 2 heterocycles. The molecule has 0 atom stereocenters. The number of methoxy groups -OCH3 is 1. The van der Waals surface area contributed by atoms with Crippen LogP contribution in [0.4, 0.5) is 0 Å². The molecule has 3 aromatic rings. The molecule has 0 unspecified atom stereocenters. The number of esters is 1. The van der Waals surface area contributed by atoms with Gasteiger partial charge in [0.25, 0.3) is 0 Å². The fourth-order valence-electron chi connectivity index (χ4n) is 2.81. The van der Waals surface area contributed by atoms with E-state index >= 15 is 0 Å². The van der Waals surface area contributed by atoms with Crippen molar-refractivity contribution in [1.82, 2.24) is 10.3 Å². The van der Waals surface area contributed by atoms with Crippen LogP contribution in [-0.2, 0) is 17.7 Å². The van der Waals surface area contributed by atoms with Gasteiger partial charge < -0.3 is 15.0 Å². The van der Waals surface area contributed by atoms with Crippen LogP contribution in [0, 0.1) is 0 Å². The maximum atomic E-state index is 10.8. The van der Waals surface area contributed by atoms with E-state index in [4.69, 9.17) is 0 Å². The van der Waals surface area contributed by atoms with Crippen LogP contribution < -0.4 is 5.32 Å². The molecule has 2 aromatic carbocycles. The highest BCUT2D eigenvalue weighted by Crippen LogP contribution is 2.24. The van der Waals surface area contributed by atoms with Crippen LogP contribution in [0.25, 0.3) is 10.9 Å². The Balaban J connectivity index is 0.000000445. The van der Waals surface area contributed by atoms with Gasteiger partial charge in [0.15, 0.2) is 0 Å². The molecule has 0 bridgehead atoms. The zero-order valence-corrected chi connectivity index (χ0v) is 13.7. The van der Waals surface area contributed by atoms with Gasteiger partial charge >= 0.3 is 5.97 Å². The number of carbonyl (C=O) groups excluding carboxylic acids is 1. The molecule has 0 saturated carbocycles. The summed E-state index contributed by atoms with van der Waals surface area (Å²) in [5.41, 5.74) is 4.74. The first-order valence-electron chi connectivity index (χ1n) is 7.72. The van der Waals surface area contributed by atoms with Crippen LogP contribution in [0.15, 0.2) is 54.6 Å². The van der Waals surface area contributed by atoms with Gasteiger partial charge in [0.05, 0.1) is 12.7 Å². The first kappa shape index (κ1) is 20.5. The molecule has 2 N–H and O–H groups in total. The van der Waals surface area contributed by atoms with Gasteiger partial charge in [-0.25, -0.2) is 4.79 Å². The summed E-state index contributed by atoms with van der Waals surface area (Å²) >= 11 is 0. The Morgan fingerprint density at radius 1 is 1.08 bits per heavy atom. The molecule has 3 radical (unpaired) electrons. The van der Waals surface area contributed by atoms with Crippen LogP contribution in [0.2, 0.25) is 0 Å². The number of H-pyrrole nitrogens is 1. The Hall–Kier alpha value is -2.53. The quantitative estimate of drug-likeness (QED) is 0.524. The van der Waals surface area contributed by atoms with E-state index in [-0.39, 0.29) is 23.2 Å². The number of para-hydroxylation sites is 1. The molecule has 5 heteroatoms. The van der Waals surface area contributed by atoms with Crippen molar-refractivity contribution in [3.63, 3.8) is 0 Å². The van der Waals surface area contributed by atoms with Crippen LogP contribution >= 0.6 is 0 Å². The molecular weight excluding hydrogens is 311 g/mol. The third-order valence-electron chi connectivity index (χ3n) is 3.95. The van der Waals surface area contributed by atoms with Crippen LogP contribution in [0.3, 0.4) is 0 Å². The number of hydrogen-bond acceptors (Lipinski definition) is 3. The standard InChI is InChI=1S/C11H12N2.C8H8O2.CH4.B.H2/c1-2-4-10-8(3-1)9-5-6-12-7-11(9)13-10;1-10-8(9)7-5-3-2-4-6-7;;;/h1-4,12-13H,5-7H2;2-6H,1H3;1H4;;1H/i;;;;1+1. The molecule has 4 rings (SSSR count). The SMILES string of the molecule is C.COC(=O)c1ccccc1.[2HH].[B].c1ccc2c3c([nH]c2c1)CNCC3. The van der Waals surface area contributed by atoms with E-state index in [2.05, 4.69) is 39.3 Å². The summed E-state index contributed by atoms with van der Waals surface area (Å²) in [5, 5.41) is 4.77. The fourth-order valence-corrected chi connectivity index (χ4v) is 2.81. The van der Waals surface area contributed by atoms with E-state index in [0.717, 1.165) is 19.5 Å². The molecular formula is C20H26BN2O2. The molecule has 25 heavy (non-hydrogen) atoms. The summed E-state index contributed by atoms with van der Waals surface area (Å²) < 4.78 is 4.50. The largest absolute Gasteiger partial charge is 0.465 e. The van der Waals surface area contributed by atoms with Crippen LogP contribution in [-0.4, -0.2) is 33.0 Å². The first-order chi connectivity index (χ1) is 11.3. The summed E-state index contributed by atoms with van der Waals surface area (Å²) in [6.45, 7) is 2.10. The van der Waals surface area contributed by atoms with Crippen molar-refractivity contribution < 1.29 is 11.0 Å². The summed E-state index contributed by atoms with van der Waals surface area (Å²) in [6, 6.07) is 17.4. The molecule has 0 amide bonds. The highest BCUT2D eigenvalue weighted by molar-refractivity contribution is 5.89. The van der Waals surface area contributed by atoms with Crippen molar-refractivity contribution in [3.8, 4) is 0 Å². The first-order valence-corrected chi connectivity index (χ1v) is 7.72. The van der Waals surface area contributed by atoms with Crippen molar-refractivity contribution in [2.24, 2.45) is 0 Å². The van der Waals surface area contributed by atoms with Crippen molar-refractivity contribution in [3.05, 3.63) is 71.4 Å². The zero-order chi connectivity index (χ0) is 16.1. The Morgan fingerprint density at radius 2 is 1.76 bits per heavy atom. The molecule has 4 nitrogen and oxygen atoms in total. The van der Waals surface area contributed by atoms with E-state index in [0.29, 0.717) is 5.56 Å². The summed E-state index contributed by atoms with van der Waals surface area (Å²) in [6.07, 6.45) is 1.15. The number of ether oxygens (including phenoxy) is 1. The van der Waals surface area contributed by atoms with Gasteiger partial charge in [0, 0.05) is 33.0 Å². The average molecular weight is 338 g/mol. The Labute approximate surface area is 152 Å². The number of fused-ring (bicyclic) bond motifs is 3. The number of carbonyl (C=O) groups is 1. The molecule has 0 spiro atoms. The normalized spacial score (nSPS) is 11.9. The van der Waals surface area contributed by atoms with E-state index < -0.39 is 0 Å². The smallest absolute Gasteiger partial charge is 0.337 e. The predicted octanol–water partition coefficient (Wildman–Crippen LogP) is 3.79. The molecule has 131 valence electrons. The summed E-state index contributed by atoms with van der Waals surface area (Å²) in [5.74, 6) is -0.291. The van der Waals surface area contributed by atoms with Gasteiger partial charge in [0.2, 0.25) is 0 Å². The van der Waals surface area contributed by atoms with Crippen LogP contribution in [0.5, 0.6) is 0 Å². The van der Waals surface area contributed by atoms with E-state index in [9.17, 15) is 4.79 Å². The Morgan fingerprint density at radius 3 is 2.48 bits per heavy atom. The molecule has 0 fully saturated rings. The lowest BCUT2D eigenvalue weighted by Gasteiger charge is -2.12. The lowest BCUT2D eigenvalue weighted by Crippen LogP contribution is -2.22. The van der Waals surface area contributed by atoms with Crippen molar-refractivity contribution in [1.29, 1.82) is 0 Å². The van der Waals surface area contributed by atoms with Crippen LogP contribution in [0.1, 0.15) is 30.5 Å². The lowest BCUT2D eigenvalue weighted by atomic mass is 10.1. The van der Waals surface area contributed by atoms with Gasteiger partial charge in [-0.2, -0.15) is 0 Å². The number of aromatic amines is 1. The second-order valence-corrected chi connectivity index (χ2v) is 5.41. The van der Waals surface area contributed by atoms with Gasteiger partial charge in [-0.05, 0) is 36.7 Å². The average Bonchev–Trinajstić information content (AvgIpc) is 3.01. The molecule has 1 aromatic heterocycles. The topological polar surface area (TPSA) is 54.1 Å². The second kappa shape index (κ2) is 9.69. The van der Waals surface area contributed by atoms with Crippen molar-refractivity contribution in [2.75, 3.05) is 13.7 Å². The highest BCUT2D eigenvalue weighted by Gasteiger charge is 2.13. The number of rotatable bonds is 1.